The van der Waals surface area contributed by atoms with Crippen molar-refractivity contribution in [2.75, 3.05) is 38.7 Å². The van der Waals surface area contributed by atoms with Crippen LogP contribution in [0.4, 0.5) is 5.82 Å². The Morgan fingerprint density at radius 1 is 0.972 bits per heavy atom. The average Bonchev–Trinajstić information content (AvgIpc) is 2.93. The molecule has 1 aliphatic rings. The second kappa shape index (κ2) is 11.6. The highest BCUT2D eigenvalue weighted by Crippen LogP contribution is 2.34. The number of benzene rings is 2. The summed E-state index contributed by atoms with van der Waals surface area (Å²) < 4.78 is 5.57. The first-order valence-corrected chi connectivity index (χ1v) is 12.7. The first-order valence-electron chi connectivity index (χ1n) is 12.7. The number of hydrogen-bond donors (Lipinski definition) is 3. The molecule has 2 aromatic heterocycles. The Morgan fingerprint density at radius 3 is 2.69 bits per heavy atom. The van der Waals surface area contributed by atoms with Crippen LogP contribution in [0.1, 0.15) is 24.0 Å². The second-order valence-electron chi connectivity index (χ2n) is 9.26. The van der Waals surface area contributed by atoms with E-state index in [-0.39, 0.29) is 0 Å². The van der Waals surface area contributed by atoms with E-state index in [0.717, 1.165) is 90.6 Å². The maximum Gasteiger partial charge on any atom is 0.162 e. The lowest BCUT2D eigenvalue weighted by Gasteiger charge is -2.25. The molecule has 7 nitrogen and oxygen atoms in total. The first kappa shape index (κ1) is 24.3. The van der Waals surface area contributed by atoms with Gasteiger partial charge in [-0.2, -0.15) is 0 Å². The van der Waals surface area contributed by atoms with Gasteiger partial charge in [0.25, 0.3) is 0 Å². The molecule has 2 aromatic carbocycles. The van der Waals surface area contributed by atoms with Gasteiger partial charge in [0.05, 0.1) is 11.2 Å². The monoisotopic (exact) mass is 482 g/mol. The third kappa shape index (κ3) is 5.54. The van der Waals surface area contributed by atoms with Gasteiger partial charge < -0.3 is 20.7 Å². The zero-order valence-electron chi connectivity index (χ0n) is 21.1. The van der Waals surface area contributed by atoms with Crippen LogP contribution in [-0.4, -0.2) is 54.3 Å². The van der Waals surface area contributed by atoms with Crippen LogP contribution >= 0.6 is 0 Å². The number of nitrogens with zero attached hydrogens (tertiary/aromatic N) is 3. The summed E-state index contributed by atoms with van der Waals surface area (Å²) in [5.41, 5.74) is 6.24. The molecule has 1 fully saturated rings. The number of nitrogens with one attached hydrogen (secondary N) is 3. The number of pyridine rings is 1. The number of fused-ring (bicyclic) bond motifs is 1. The number of aromatic nitrogens is 3. The molecule has 0 aliphatic carbocycles. The van der Waals surface area contributed by atoms with Gasteiger partial charge in [-0.05, 0) is 50.6 Å². The van der Waals surface area contributed by atoms with E-state index in [9.17, 15) is 0 Å². The highest BCUT2D eigenvalue weighted by atomic mass is 16.5. The van der Waals surface area contributed by atoms with E-state index in [2.05, 4.69) is 70.3 Å². The molecular weight excluding hydrogens is 448 g/mol. The quantitative estimate of drug-likeness (QED) is 0.302. The molecule has 186 valence electrons. The SMILES string of the molecule is CNCCNCc1cccc(-c2nc(NC3CCOCC3)c(C)c(-c3cccc4ncccc34)n2)c1. The minimum Gasteiger partial charge on any atom is -0.381 e. The van der Waals surface area contributed by atoms with Crippen LogP contribution in [0, 0.1) is 6.92 Å². The average molecular weight is 483 g/mol. The van der Waals surface area contributed by atoms with E-state index >= 15 is 0 Å². The summed E-state index contributed by atoms with van der Waals surface area (Å²) in [5, 5.41) is 11.5. The Balaban J connectivity index is 1.57. The van der Waals surface area contributed by atoms with Gasteiger partial charge >= 0.3 is 0 Å². The Morgan fingerprint density at radius 2 is 1.83 bits per heavy atom. The minimum atomic E-state index is 0.338. The molecular formula is C29H34N6O. The van der Waals surface area contributed by atoms with Gasteiger partial charge in [0, 0.05) is 67.2 Å². The molecule has 1 aliphatic heterocycles. The fraction of sp³-hybridized carbons (Fsp3) is 0.345. The van der Waals surface area contributed by atoms with Crippen molar-refractivity contribution in [2.45, 2.75) is 32.4 Å². The minimum absolute atomic E-state index is 0.338. The largest absolute Gasteiger partial charge is 0.381 e. The van der Waals surface area contributed by atoms with Crippen LogP contribution in [0.25, 0.3) is 33.5 Å². The Kier molecular flexibility index (Phi) is 7.81. The third-order valence-corrected chi connectivity index (χ3v) is 6.67. The Labute approximate surface area is 212 Å². The van der Waals surface area contributed by atoms with E-state index < -0.39 is 0 Å². The van der Waals surface area contributed by atoms with E-state index in [1.165, 1.54) is 5.56 Å². The molecule has 0 bridgehead atoms. The smallest absolute Gasteiger partial charge is 0.162 e. The number of anilines is 1. The number of likely N-dealkylation sites (N-methyl/N-ethyl adjacent to an activating group) is 1. The summed E-state index contributed by atoms with van der Waals surface area (Å²) in [6.45, 7) is 6.32. The fourth-order valence-corrected chi connectivity index (χ4v) is 4.66. The molecule has 0 unspecified atom stereocenters. The van der Waals surface area contributed by atoms with Gasteiger partial charge in [-0.15, -0.1) is 0 Å². The Hall–Kier alpha value is -3.39. The van der Waals surface area contributed by atoms with Crippen molar-refractivity contribution >= 4 is 16.7 Å². The topological polar surface area (TPSA) is 84.0 Å². The van der Waals surface area contributed by atoms with Crippen molar-refractivity contribution in [1.82, 2.24) is 25.6 Å². The summed E-state index contributed by atoms with van der Waals surface area (Å²) in [5.74, 6) is 1.61. The number of rotatable bonds is 9. The van der Waals surface area contributed by atoms with Crippen LogP contribution < -0.4 is 16.0 Å². The van der Waals surface area contributed by atoms with Crippen molar-refractivity contribution in [3.05, 3.63) is 71.9 Å². The van der Waals surface area contributed by atoms with E-state index in [1.54, 1.807) is 0 Å². The lowest BCUT2D eigenvalue weighted by Crippen LogP contribution is -2.28. The van der Waals surface area contributed by atoms with Gasteiger partial charge in [0.2, 0.25) is 0 Å². The van der Waals surface area contributed by atoms with Gasteiger partial charge in [-0.1, -0.05) is 36.4 Å². The van der Waals surface area contributed by atoms with E-state index in [4.69, 9.17) is 14.7 Å². The summed E-state index contributed by atoms with van der Waals surface area (Å²) in [7, 11) is 1.96. The lowest BCUT2D eigenvalue weighted by atomic mass is 10.0. The molecule has 0 spiro atoms. The Bertz CT molecular complexity index is 1310. The van der Waals surface area contributed by atoms with Crippen LogP contribution in [0.3, 0.4) is 0 Å². The maximum atomic E-state index is 5.57. The molecule has 36 heavy (non-hydrogen) atoms. The molecule has 0 amide bonds. The summed E-state index contributed by atoms with van der Waals surface area (Å²) in [6.07, 6.45) is 3.78. The molecule has 0 saturated carbocycles. The predicted molar refractivity (Wildman–Crippen MR) is 146 cm³/mol. The fourth-order valence-electron chi connectivity index (χ4n) is 4.66. The second-order valence-corrected chi connectivity index (χ2v) is 9.26. The summed E-state index contributed by atoms with van der Waals surface area (Å²) in [4.78, 5) is 14.7. The first-order chi connectivity index (χ1) is 17.7. The van der Waals surface area contributed by atoms with Crippen LogP contribution in [-0.2, 0) is 11.3 Å². The van der Waals surface area contributed by atoms with E-state index in [0.29, 0.717) is 6.04 Å². The molecule has 1 saturated heterocycles. The third-order valence-electron chi connectivity index (χ3n) is 6.67. The van der Waals surface area contributed by atoms with Crippen molar-refractivity contribution in [3.63, 3.8) is 0 Å². The highest BCUT2D eigenvalue weighted by molar-refractivity contribution is 5.95. The summed E-state index contributed by atoms with van der Waals surface area (Å²) >= 11 is 0. The summed E-state index contributed by atoms with van der Waals surface area (Å²) in [6, 6.07) is 19.2. The molecule has 7 heteroatoms. The number of ether oxygens (including phenoxy) is 1. The van der Waals surface area contributed by atoms with Gasteiger partial charge in [0.1, 0.15) is 5.82 Å². The molecule has 5 rings (SSSR count). The van der Waals surface area contributed by atoms with Gasteiger partial charge in [-0.25, -0.2) is 9.97 Å². The molecule has 3 N–H and O–H groups in total. The van der Waals surface area contributed by atoms with Gasteiger partial charge in [-0.3, -0.25) is 4.98 Å². The van der Waals surface area contributed by atoms with Crippen LogP contribution in [0.2, 0.25) is 0 Å². The van der Waals surface area contributed by atoms with Crippen molar-refractivity contribution in [1.29, 1.82) is 0 Å². The number of hydrogen-bond acceptors (Lipinski definition) is 7. The standard InChI is InChI=1S/C29H34N6O/c1-20-27(25-8-4-10-26-24(25)9-5-13-32-26)34-29(35-28(20)33-23-11-16-36-17-12-23)22-7-3-6-21(18-22)19-31-15-14-30-2/h3-10,13,18,23,30-31H,11-12,14-17,19H2,1-2H3,(H,33,34,35). The van der Waals surface area contributed by atoms with Crippen LogP contribution in [0.15, 0.2) is 60.8 Å². The van der Waals surface area contributed by atoms with Crippen molar-refractivity contribution in [3.8, 4) is 22.6 Å². The van der Waals surface area contributed by atoms with Crippen molar-refractivity contribution < 1.29 is 4.74 Å². The normalized spacial score (nSPS) is 14.3. The molecule has 0 atom stereocenters. The molecule has 4 aromatic rings. The lowest BCUT2D eigenvalue weighted by molar-refractivity contribution is 0.0904. The highest BCUT2D eigenvalue weighted by Gasteiger charge is 2.20. The zero-order valence-corrected chi connectivity index (χ0v) is 21.1. The zero-order chi connectivity index (χ0) is 24.7. The van der Waals surface area contributed by atoms with Gasteiger partial charge in [0.15, 0.2) is 5.82 Å². The van der Waals surface area contributed by atoms with Crippen molar-refractivity contribution in [2.24, 2.45) is 0 Å². The maximum absolute atomic E-state index is 5.57. The van der Waals surface area contributed by atoms with Crippen LogP contribution in [0.5, 0.6) is 0 Å². The molecule has 0 radical (unpaired) electrons. The molecule has 3 heterocycles. The van der Waals surface area contributed by atoms with E-state index in [1.807, 2.05) is 25.4 Å². The predicted octanol–water partition coefficient (Wildman–Crippen LogP) is 4.57.